The fourth-order valence-electron chi connectivity index (χ4n) is 2.40. The first kappa shape index (κ1) is 11.3. The van der Waals surface area contributed by atoms with Crippen molar-refractivity contribution in [2.75, 3.05) is 20.6 Å². The van der Waals surface area contributed by atoms with Gasteiger partial charge in [-0.2, -0.15) is 0 Å². The molecule has 16 heavy (non-hydrogen) atoms. The van der Waals surface area contributed by atoms with E-state index >= 15 is 0 Å². The summed E-state index contributed by atoms with van der Waals surface area (Å²) in [6.07, 6.45) is 3.07. The van der Waals surface area contributed by atoms with E-state index in [0.717, 1.165) is 31.4 Å². The lowest BCUT2D eigenvalue weighted by molar-refractivity contribution is 0.0928. The number of carbonyl (C=O) groups excluding carboxylic acids is 1. The summed E-state index contributed by atoms with van der Waals surface area (Å²) < 4.78 is 0. The number of nitrogens with zero attached hydrogens (tertiary/aromatic N) is 1. The summed E-state index contributed by atoms with van der Waals surface area (Å²) in [5, 5.41) is 0. The van der Waals surface area contributed by atoms with Gasteiger partial charge in [0.15, 0.2) is 5.78 Å². The molecule has 0 bridgehead atoms. The lowest BCUT2D eigenvalue weighted by Crippen LogP contribution is -2.16. The number of rotatable bonds is 4. The van der Waals surface area contributed by atoms with Crippen LogP contribution < -0.4 is 0 Å². The molecule has 0 unspecified atom stereocenters. The quantitative estimate of drug-likeness (QED) is 0.771. The zero-order valence-corrected chi connectivity index (χ0v) is 10.1. The molecule has 0 amide bonds. The van der Waals surface area contributed by atoms with E-state index in [2.05, 4.69) is 25.1 Å². The first-order valence-electron chi connectivity index (χ1n) is 5.95. The van der Waals surface area contributed by atoms with Crippen LogP contribution in [0.25, 0.3) is 0 Å². The number of Topliss-reactive ketones (excluding diaryl/α,β-unsaturated/α-hetero) is 1. The Morgan fingerprint density at radius 3 is 2.75 bits per heavy atom. The first-order valence-corrected chi connectivity index (χ1v) is 5.95. The number of benzene rings is 1. The molecule has 1 atom stereocenters. The second-order valence-corrected chi connectivity index (χ2v) is 4.87. The third-order valence-corrected chi connectivity index (χ3v) is 3.28. The van der Waals surface area contributed by atoms with Crippen molar-refractivity contribution in [3.63, 3.8) is 0 Å². The third-order valence-electron chi connectivity index (χ3n) is 3.28. The van der Waals surface area contributed by atoms with E-state index in [0.29, 0.717) is 5.78 Å². The van der Waals surface area contributed by atoms with Gasteiger partial charge < -0.3 is 4.90 Å². The third kappa shape index (κ3) is 2.33. The second kappa shape index (κ2) is 4.79. The van der Waals surface area contributed by atoms with Gasteiger partial charge in [0.25, 0.3) is 0 Å². The predicted molar refractivity (Wildman–Crippen MR) is 65.8 cm³/mol. The van der Waals surface area contributed by atoms with Crippen LogP contribution >= 0.6 is 0 Å². The zero-order valence-electron chi connectivity index (χ0n) is 10.1. The van der Waals surface area contributed by atoms with Gasteiger partial charge in [-0.25, -0.2) is 0 Å². The van der Waals surface area contributed by atoms with Crippen molar-refractivity contribution in [1.82, 2.24) is 4.90 Å². The summed E-state index contributed by atoms with van der Waals surface area (Å²) in [6, 6.07) is 8.02. The van der Waals surface area contributed by atoms with Crippen molar-refractivity contribution >= 4 is 5.78 Å². The molecule has 1 aromatic rings. The Labute approximate surface area is 97.3 Å². The largest absolute Gasteiger partial charge is 0.309 e. The Bertz CT molecular complexity index is 384. The van der Waals surface area contributed by atoms with Crippen molar-refractivity contribution in [2.45, 2.75) is 19.3 Å². The molecule has 0 N–H and O–H groups in total. The lowest BCUT2D eigenvalue weighted by Gasteiger charge is -2.11. The highest BCUT2D eigenvalue weighted by Crippen LogP contribution is 2.29. The SMILES string of the molecule is CN(C)CCC[C@@H]1Cc2ccccc2C1=O. The van der Waals surface area contributed by atoms with Crippen molar-refractivity contribution in [2.24, 2.45) is 5.92 Å². The van der Waals surface area contributed by atoms with Crippen molar-refractivity contribution in [3.05, 3.63) is 35.4 Å². The van der Waals surface area contributed by atoms with Crippen LogP contribution in [-0.2, 0) is 6.42 Å². The van der Waals surface area contributed by atoms with Crippen LogP contribution in [0.3, 0.4) is 0 Å². The number of fused-ring (bicyclic) bond motifs is 1. The molecule has 1 aliphatic rings. The Kier molecular flexibility index (Phi) is 3.39. The van der Waals surface area contributed by atoms with Gasteiger partial charge in [-0.15, -0.1) is 0 Å². The van der Waals surface area contributed by atoms with Crippen LogP contribution in [0.1, 0.15) is 28.8 Å². The fraction of sp³-hybridized carbons (Fsp3) is 0.500. The van der Waals surface area contributed by atoms with Gasteiger partial charge in [-0.3, -0.25) is 4.79 Å². The smallest absolute Gasteiger partial charge is 0.166 e. The minimum atomic E-state index is 0.234. The molecule has 0 spiro atoms. The van der Waals surface area contributed by atoms with Gasteiger partial charge in [0.2, 0.25) is 0 Å². The molecule has 2 rings (SSSR count). The van der Waals surface area contributed by atoms with Crippen molar-refractivity contribution in [3.8, 4) is 0 Å². The predicted octanol–water partition coefficient (Wildman–Crippen LogP) is 2.38. The summed E-state index contributed by atoms with van der Waals surface area (Å²) in [5.74, 6) is 0.590. The molecule has 1 aliphatic carbocycles. The number of carbonyl (C=O) groups is 1. The Hall–Kier alpha value is -1.15. The maximum absolute atomic E-state index is 12.1. The molecule has 86 valence electrons. The number of hydrogen-bond acceptors (Lipinski definition) is 2. The molecule has 2 nitrogen and oxygen atoms in total. The van der Waals surface area contributed by atoms with Crippen LogP contribution in [0.15, 0.2) is 24.3 Å². The van der Waals surface area contributed by atoms with Gasteiger partial charge in [0, 0.05) is 11.5 Å². The molecular formula is C14H19NO. The molecule has 0 saturated heterocycles. The summed E-state index contributed by atoms with van der Waals surface area (Å²) in [4.78, 5) is 14.2. The zero-order chi connectivity index (χ0) is 11.5. The molecular weight excluding hydrogens is 198 g/mol. The maximum Gasteiger partial charge on any atom is 0.166 e. The van der Waals surface area contributed by atoms with Crippen molar-refractivity contribution < 1.29 is 4.79 Å². The Morgan fingerprint density at radius 2 is 2.06 bits per heavy atom. The second-order valence-electron chi connectivity index (χ2n) is 4.87. The highest BCUT2D eigenvalue weighted by molar-refractivity contribution is 6.02. The number of hydrogen-bond donors (Lipinski definition) is 0. The normalized spacial score (nSPS) is 19.2. The molecule has 1 aromatic carbocycles. The minimum Gasteiger partial charge on any atom is -0.309 e. The molecule has 0 saturated carbocycles. The summed E-state index contributed by atoms with van der Waals surface area (Å²) in [6.45, 7) is 1.07. The van der Waals surface area contributed by atoms with E-state index in [9.17, 15) is 4.79 Å². The summed E-state index contributed by atoms with van der Waals surface area (Å²) in [7, 11) is 4.15. The van der Waals surface area contributed by atoms with Gasteiger partial charge in [0.05, 0.1) is 0 Å². The van der Waals surface area contributed by atoms with Gasteiger partial charge in [-0.1, -0.05) is 24.3 Å². The lowest BCUT2D eigenvalue weighted by atomic mass is 9.99. The Balaban J connectivity index is 1.94. The van der Waals surface area contributed by atoms with Crippen LogP contribution in [0.2, 0.25) is 0 Å². The summed E-state index contributed by atoms with van der Waals surface area (Å²) in [5.41, 5.74) is 2.19. The Morgan fingerprint density at radius 1 is 1.31 bits per heavy atom. The van der Waals surface area contributed by atoms with Crippen LogP contribution in [0, 0.1) is 5.92 Å². The van der Waals surface area contributed by atoms with Crippen molar-refractivity contribution in [1.29, 1.82) is 0 Å². The highest BCUT2D eigenvalue weighted by Gasteiger charge is 2.29. The maximum atomic E-state index is 12.1. The molecule has 0 aromatic heterocycles. The average molecular weight is 217 g/mol. The number of ketones is 1. The minimum absolute atomic E-state index is 0.234. The van der Waals surface area contributed by atoms with E-state index in [1.165, 1.54) is 5.56 Å². The monoisotopic (exact) mass is 217 g/mol. The van der Waals surface area contributed by atoms with Crippen LogP contribution in [0.4, 0.5) is 0 Å². The fourth-order valence-corrected chi connectivity index (χ4v) is 2.40. The van der Waals surface area contributed by atoms with E-state index in [4.69, 9.17) is 0 Å². The standard InChI is InChI=1S/C14H19NO/c1-15(2)9-5-7-12-10-11-6-3-4-8-13(11)14(12)16/h3-4,6,8,12H,5,7,9-10H2,1-2H3/t12-/m1/s1. The van der Waals surface area contributed by atoms with E-state index in [-0.39, 0.29) is 5.92 Å². The molecule has 2 heteroatoms. The molecule has 0 aliphatic heterocycles. The summed E-state index contributed by atoms with van der Waals surface area (Å²) >= 11 is 0. The van der Waals surface area contributed by atoms with Gasteiger partial charge >= 0.3 is 0 Å². The molecule has 0 radical (unpaired) electrons. The van der Waals surface area contributed by atoms with E-state index in [1.54, 1.807) is 0 Å². The van der Waals surface area contributed by atoms with Gasteiger partial charge in [-0.05, 0) is 45.5 Å². The van der Waals surface area contributed by atoms with Crippen LogP contribution in [0.5, 0.6) is 0 Å². The van der Waals surface area contributed by atoms with E-state index < -0.39 is 0 Å². The average Bonchev–Trinajstić information content (AvgIpc) is 2.56. The van der Waals surface area contributed by atoms with Gasteiger partial charge in [0.1, 0.15) is 0 Å². The topological polar surface area (TPSA) is 20.3 Å². The molecule has 0 fully saturated rings. The first-order chi connectivity index (χ1) is 7.68. The molecule has 0 heterocycles. The van der Waals surface area contributed by atoms with E-state index in [1.807, 2.05) is 18.2 Å². The highest BCUT2D eigenvalue weighted by atomic mass is 16.1. The van der Waals surface area contributed by atoms with Crippen LogP contribution in [-0.4, -0.2) is 31.3 Å².